The summed E-state index contributed by atoms with van der Waals surface area (Å²) in [7, 11) is 0. The average Bonchev–Trinajstić information content (AvgIpc) is 2.71. The van der Waals surface area contributed by atoms with Crippen LogP contribution in [0.3, 0.4) is 0 Å². The van der Waals surface area contributed by atoms with Crippen molar-refractivity contribution < 1.29 is 9.90 Å². The molecule has 5 heteroatoms. The van der Waals surface area contributed by atoms with E-state index in [1.165, 1.54) is 6.20 Å². The number of nitrogens with zero attached hydrogens (tertiary/aromatic N) is 2. The van der Waals surface area contributed by atoms with Crippen LogP contribution in [0.1, 0.15) is 16.1 Å². The molecule has 0 atom stereocenters. The highest BCUT2D eigenvalue weighted by Crippen LogP contribution is 2.12. The molecule has 72 valence electrons. The van der Waals surface area contributed by atoms with E-state index in [0.717, 1.165) is 5.69 Å². The number of hydrogen-bond acceptors (Lipinski definition) is 2. The number of rotatable bonds is 2. The van der Waals surface area contributed by atoms with E-state index >= 15 is 0 Å². The van der Waals surface area contributed by atoms with Crippen LogP contribution >= 0.6 is 0 Å². The fraction of sp³-hybridized carbons (Fsp3) is 0.111. The predicted octanol–water partition coefficient (Wildman–Crippen LogP) is 1.21. The third kappa shape index (κ3) is 1.19. The minimum atomic E-state index is -0.954. The van der Waals surface area contributed by atoms with Gasteiger partial charge in [0.25, 0.3) is 0 Å². The van der Waals surface area contributed by atoms with Crippen molar-refractivity contribution in [1.82, 2.24) is 14.8 Å². The molecule has 0 saturated carbocycles. The lowest BCUT2D eigenvalue weighted by atomic mass is 10.3. The molecule has 0 unspecified atom stereocenters. The first-order valence-electron chi connectivity index (χ1n) is 4.11. The highest BCUT2D eigenvalue weighted by molar-refractivity contribution is 5.88. The third-order valence-corrected chi connectivity index (χ3v) is 2.07. The number of aromatic carboxylic acids is 1. The smallest absolute Gasteiger partial charge is 0.339 e. The number of aromatic amines is 1. The Balaban J connectivity index is 2.52. The lowest BCUT2D eigenvalue weighted by Gasteiger charge is -1.99. The van der Waals surface area contributed by atoms with E-state index in [4.69, 9.17) is 5.11 Å². The van der Waals surface area contributed by atoms with E-state index in [-0.39, 0.29) is 5.56 Å². The molecule has 2 rings (SSSR count). The number of H-pyrrole nitrogens is 1. The van der Waals surface area contributed by atoms with Crippen molar-refractivity contribution in [1.29, 1.82) is 0 Å². The van der Waals surface area contributed by atoms with Crippen LogP contribution in [0.15, 0.2) is 24.7 Å². The van der Waals surface area contributed by atoms with Crippen molar-refractivity contribution >= 4 is 5.97 Å². The summed E-state index contributed by atoms with van der Waals surface area (Å²) in [6.45, 7) is 1.73. The summed E-state index contributed by atoms with van der Waals surface area (Å²) in [6, 6.07) is 1.83. The second kappa shape index (κ2) is 3.02. The Kier molecular flexibility index (Phi) is 1.85. The highest BCUT2D eigenvalue weighted by atomic mass is 16.4. The van der Waals surface area contributed by atoms with E-state index < -0.39 is 5.97 Å². The number of nitrogens with one attached hydrogen (secondary N) is 1. The number of carboxylic acids is 1. The topological polar surface area (TPSA) is 70.9 Å². The van der Waals surface area contributed by atoms with Crippen LogP contribution in [0.5, 0.6) is 0 Å². The Morgan fingerprint density at radius 2 is 2.43 bits per heavy atom. The molecule has 0 aromatic carbocycles. The molecule has 2 aromatic heterocycles. The first-order valence-corrected chi connectivity index (χ1v) is 4.11. The fourth-order valence-corrected chi connectivity index (χ4v) is 1.33. The molecular formula is C9H9N3O2. The molecule has 0 aliphatic heterocycles. The number of carbonyl (C=O) groups is 1. The Bertz CT molecular complexity index is 456. The van der Waals surface area contributed by atoms with Gasteiger partial charge < -0.3 is 10.1 Å². The maximum Gasteiger partial charge on any atom is 0.339 e. The minimum Gasteiger partial charge on any atom is -0.478 e. The zero-order chi connectivity index (χ0) is 10.1. The van der Waals surface area contributed by atoms with Gasteiger partial charge in [0.2, 0.25) is 0 Å². The molecule has 2 heterocycles. The third-order valence-electron chi connectivity index (χ3n) is 2.07. The van der Waals surface area contributed by atoms with Gasteiger partial charge in [-0.15, -0.1) is 0 Å². The molecular weight excluding hydrogens is 182 g/mol. The molecule has 2 N–H and O–H groups in total. The monoisotopic (exact) mass is 191 g/mol. The normalized spacial score (nSPS) is 10.4. The van der Waals surface area contributed by atoms with Gasteiger partial charge >= 0.3 is 5.97 Å². The van der Waals surface area contributed by atoms with Gasteiger partial charge in [-0.1, -0.05) is 0 Å². The number of aromatic nitrogens is 3. The molecule has 5 nitrogen and oxygen atoms in total. The van der Waals surface area contributed by atoms with Crippen LogP contribution in [-0.2, 0) is 0 Å². The van der Waals surface area contributed by atoms with E-state index in [9.17, 15) is 4.79 Å². The first-order chi connectivity index (χ1) is 6.70. The molecule has 0 saturated heterocycles. The van der Waals surface area contributed by atoms with Crippen molar-refractivity contribution in [2.24, 2.45) is 0 Å². The Hall–Kier alpha value is -2.04. The minimum absolute atomic E-state index is 0.228. The first kappa shape index (κ1) is 8.55. The van der Waals surface area contributed by atoms with Crippen LogP contribution in [0.4, 0.5) is 0 Å². The summed E-state index contributed by atoms with van der Waals surface area (Å²) in [4.78, 5) is 13.6. The lowest BCUT2D eigenvalue weighted by Crippen LogP contribution is -2.01. The Morgan fingerprint density at radius 3 is 2.93 bits per heavy atom. The standard InChI is InChI=1S/C9H9N3O2/c1-6-8(9(13)14)5-11-12(6)7-2-3-10-4-7/h2-5,10H,1H3,(H,13,14). The highest BCUT2D eigenvalue weighted by Gasteiger charge is 2.13. The molecule has 14 heavy (non-hydrogen) atoms. The van der Waals surface area contributed by atoms with Gasteiger partial charge in [-0.05, 0) is 13.0 Å². The molecule has 0 spiro atoms. The van der Waals surface area contributed by atoms with Gasteiger partial charge in [-0.2, -0.15) is 5.10 Å². The van der Waals surface area contributed by atoms with Crippen molar-refractivity contribution in [3.63, 3.8) is 0 Å². The van der Waals surface area contributed by atoms with Gasteiger partial charge in [0.15, 0.2) is 0 Å². The molecule has 0 aliphatic carbocycles. The van der Waals surface area contributed by atoms with Gasteiger partial charge in [-0.25, -0.2) is 9.48 Å². The van der Waals surface area contributed by atoms with E-state index in [2.05, 4.69) is 10.1 Å². The second-order valence-electron chi connectivity index (χ2n) is 2.93. The Labute approximate surface area is 80.0 Å². The quantitative estimate of drug-likeness (QED) is 0.749. The van der Waals surface area contributed by atoms with E-state index in [1.807, 2.05) is 6.07 Å². The van der Waals surface area contributed by atoms with Gasteiger partial charge in [-0.3, -0.25) is 0 Å². The fourth-order valence-electron chi connectivity index (χ4n) is 1.33. The summed E-state index contributed by atoms with van der Waals surface area (Å²) in [5, 5.41) is 12.8. The zero-order valence-corrected chi connectivity index (χ0v) is 7.56. The summed E-state index contributed by atoms with van der Waals surface area (Å²) in [5.41, 5.74) is 1.68. The summed E-state index contributed by atoms with van der Waals surface area (Å²) < 4.78 is 1.58. The lowest BCUT2D eigenvalue weighted by molar-refractivity contribution is 0.0696. The van der Waals surface area contributed by atoms with Gasteiger partial charge in [0.05, 0.1) is 17.6 Å². The van der Waals surface area contributed by atoms with Crippen LogP contribution in [0.25, 0.3) is 5.69 Å². The van der Waals surface area contributed by atoms with Crippen LogP contribution in [0, 0.1) is 6.92 Å². The van der Waals surface area contributed by atoms with Gasteiger partial charge in [0, 0.05) is 12.4 Å². The maximum atomic E-state index is 10.7. The van der Waals surface area contributed by atoms with Crippen LogP contribution in [0.2, 0.25) is 0 Å². The predicted molar refractivity (Wildman–Crippen MR) is 49.6 cm³/mol. The summed E-state index contributed by atoms with van der Waals surface area (Å²) >= 11 is 0. The van der Waals surface area contributed by atoms with Crippen LogP contribution < -0.4 is 0 Å². The molecule has 0 bridgehead atoms. The Morgan fingerprint density at radius 1 is 1.64 bits per heavy atom. The van der Waals surface area contributed by atoms with Crippen molar-refractivity contribution in [2.45, 2.75) is 6.92 Å². The molecule has 0 radical (unpaired) electrons. The maximum absolute atomic E-state index is 10.7. The zero-order valence-electron chi connectivity index (χ0n) is 7.56. The van der Waals surface area contributed by atoms with Crippen molar-refractivity contribution in [3.8, 4) is 5.69 Å². The molecule has 0 aliphatic rings. The largest absolute Gasteiger partial charge is 0.478 e. The molecule has 0 amide bonds. The van der Waals surface area contributed by atoms with Crippen molar-refractivity contribution in [2.75, 3.05) is 0 Å². The van der Waals surface area contributed by atoms with Crippen LogP contribution in [-0.4, -0.2) is 25.8 Å². The number of hydrogen-bond donors (Lipinski definition) is 2. The van der Waals surface area contributed by atoms with Crippen molar-refractivity contribution in [3.05, 3.63) is 35.9 Å². The summed E-state index contributed by atoms with van der Waals surface area (Å²) in [6.07, 6.45) is 4.87. The van der Waals surface area contributed by atoms with Gasteiger partial charge in [0.1, 0.15) is 5.56 Å². The molecule has 0 fully saturated rings. The SMILES string of the molecule is Cc1c(C(=O)O)cnn1-c1cc[nH]c1. The average molecular weight is 191 g/mol. The summed E-state index contributed by atoms with van der Waals surface area (Å²) in [5.74, 6) is -0.954. The molecule has 2 aromatic rings. The van der Waals surface area contributed by atoms with E-state index in [0.29, 0.717) is 5.69 Å². The number of carboxylic acid groups (broad SMARTS) is 1. The second-order valence-corrected chi connectivity index (χ2v) is 2.93. The van der Waals surface area contributed by atoms with E-state index in [1.54, 1.807) is 24.0 Å².